The second-order valence-corrected chi connectivity index (χ2v) is 6.61. The minimum absolute atomic E-state index is 0.304. The third-order valence-electron chi connectivity index (χ3n) is 4.58. The molecule has 0 atom stereocenters. The fraction of sp³-hybridized carbons (Fsp3) is 0.800. The van der Waals surface area contributed by atoms with E-state index in [1.54, 1.807) is 0 Å². The molecule has 4 heteroatoms. The Morgan fingerprint density at radius 2 is 1.95 bits per heavy atom. The topological polar surface area (TPSA) is 43.8 Å². The SMILES string of the molecule is CCc1nn(CC)c(CC2(CN)CCCCC2)c1Br. The number of rotatable bonds is 5. The highest BCUT2D eigenvalue weighted by atomic mass is 79.9. The molecular weight excluding hydrogens is 302 g/mol. The van der Waals surface area contributed by atoms with Crippen molar-refractivity contribution in [2.75, 3.05) is 6.54 Å². The van der Waals surface area contributed by atoms with Crippen molar-refractivity contribution in [1.82, 2.24) is 9.78 Å². The smallest absolute Gasteiger partial charge is 0.0766 e. The van der Waals surface area contributed by atoms with Crippen LogP contribution in [0.2, 0.25) is 0 Å². The molecule has 1 fully saturated rings. The van der Waals surface area contributed by atoms with Gasteiger partial charge in [-0.1, -0.05) is 26.2 Å². The summed E-state index contributed by atoms with van der Waals surface area (Å²) in [6.07, 6.45) is 8.63. The minimum Gasteiger partial charge on any atom is -0.330 e. The van der Waals surface area contributed by atoms with Crippen LogP contribution in [0.4, 0.5) is 0 Å². The van der Waals surface area contributed by atoms with Gasteiger partial charge in [0.25, 0.3) is 0 Å². The zero-order valence-electron chi connectivity index (χ0n) is 12.2. The number of nitrogens with two attached hydrogens (primary N) is 1. The standard InChI is InChI=1S/C15H26BrN3/c1-3-12-14(16)13(19(4-2)18-12)10-15(11-17)8-6-5-7-9-15/h3-11,17H2,1-2H3. The summed E-state index contributed by atoms with van der Waals surface area (Å²) in [5.74, 6) is 0. The van der Waals surface area contributed by atoms with Crippen molar-refractivity contribution >= 4 is 15.9 Å². The summed E-state index contributed by atoms with van der Waals surface area (Å²) in [6.45, 7) is 6.07. The molecule has 0 radical (unpaired) electrons. The van der Waals surface area contributed by atoms with Gasteiger partial charge in [0.2, 0.25) is 0 Å². The van der Waals surface area contributed by atoms with Crippen LogP contribution < -0.4 is 5.73 Å². The molecule has 19 heavy (non-hydrogen) atoms. The minimum atomic E-state index is 0.304. The van der Waals surface area contributed by atoms with E-state index in [1.807, 2.05) is 0 Å². The van der Waals surface area contributed by atoms with Crippen molar-refractivity contribution < 1.29 is 0 Å². The third kappa shape index (κ3) is 3.05. The first-order valence-electron chi connectivity index (χ1n) is 7.60. The van der Waals surface area contributed by atoms with Gasteiger partial charge in [0.1, 0.15) is 0 Å². The molecule has 1 aliphatic rings. The van der Waals surface area contributed by atoms with Crippen molar-refractivity contribution in [2.24, 2.45) is 11.1 Å². The van der Waals surface area contributed by atoms with Gasteiger partial charge in [-0.25, -0.2) is 0 Å². The highest BCUT2D eigenvalue weighted by Crippen LogP contribution is 2.40. The van der Waals surface area contributed by atoms with Gasteiger partial charge in [0, 0.05) is 6.54 Å². The van der Waals surface area contributed by atoms with Crippen molar-refractivity contribution in [3.05, 3.63) is 15.9 Å². The average Bonchev–Trinajstić information content (AvgIpc) is 2.76. The summed E-state index contributed by atoms with van der Waals surface area (Å²) in [6, 6.07) is 0. The summed E-state index contributed by atoms with van der Waals surface area (Å²) in [5.41, 5.74) is 8.96. The molecule has 1 aromatic rings. The van der Waals surface area contributed by atoms with Gasteiger partial charge >= 0.3 is 0 Å². The Kier molecular flexibility index (Phi) is 5.07. The van der Waals surface area contributed by atoms with Gasteiger partial charge in [0.15, 0.2) is 0 Å². The molecule has 1 saturated carbocycles. The molecule has 0 aromatic carbocycles. The monoisotopic (exact) mass is 327 g/mol. The predicted molar refractivity (Wildman–Crippen MR) is 83.3 cm³/mol. The number of aryl methyl sites for hydroxylation is 2. The van der Waals surface area contributed by atoms with Gasteiger partial charge in [0.05, 0.1) is 15.9 Å². The lowest BCUT2D eigenvalue weighted by atomic mass is 9.71. The quantitative estimate of drug-likeness (QED) is 0.896. The lowest BCUT2D eigenvalue weighted by molar-refractivity contribution is 0.192. The highest BCUT2D eigenvalue weighted by Gasteiger charge is 2.33. The van der Waals surface area contributed by atoms with Gasteiger partial charge in [-0.15, -0.1) is 0 Å². The van der Waals surface area contributed by atoms with Crippen LogP contribution in [0, 0.1) is 5.41 Å². The van der Waals surface area contributed by atoms with Gasteiger partial charge < -0.3 is 5.73 Å². The van der Waals surface area contributed by atoms with E-state index in [-0.39, 0.29) is 0 Å². The van der Waals surface area contributed by atoms with Crippen LogP contribution in [-0.4, -0.2) is 16.3 Å². The Morgan fingerprint density at radius 1 is 1.26 bits per heavy atom. The Morgan fingerprint density at radius 3 is 2.47 bits per heavy atom. The van der Waals surface area contributed by atoms with Crippen molar-refractivity contribution in [3.8, 4) is 0 Å². The van der Waals surface area contributed by atoms with E-state index < -0.39 is 0 Å². The van der Waals surface area contributed by atoms with Crippen LogP contribution >= 0.6 is 15.9 Å². The van der Waals surface area contributed by atoms with E-state index in [0.717, 1.165) is 25.9 Å². The third-order valence-corrected chi connectivity index (χ3v) is 5.50. The van der Waals surface area contributed by atoms with Crippen LogP contribution in [0.1, 0.15) is 57.3 Å². The molecule has 0 aliphatic heterocycles. The van der Waals surface area contributed by atoms with E-state index in [4.69, 9.17) is 10.8 Å². The summed E-state index contributed by atoms with van der Waals surface area (Å²) in [4.78, 5) is 0. The number of hydrogen-bond acceptors (Lipinski definition) is 2. The molecule has 108 valence electrons. The molecular formula is C15H26BrN3. The Hall–Kier alpha value is -0.350. The second kappa shape index (κ2) is 6.40. The normalized spacial score (nSPS) is 18.7. The average molecular weight is 328 g/mol. The summed E-state index contributed by atoms with van der Waals surface area (Å²) < 4.78 is 3.38. The molecule has 1 heterocycles. The lowest BCUT2D eigenvalue weighted by Crippen LogP contribution is -2.35. The van der Waals surface area contributed by atoms with Crippen molar-refractivity contribution in [3.63, 3.8) is 0 Å². The fourth-order valence-corrected chi connectivity index (χ4v) is 4.00. The maximum absolute atomic E-state index is 6.12. The van der Waals surface area contributed by atoms with E-state index >= 15 is 0 Å². The van der Waals surface area contributed by atoms with Gasteiger partial charge in [-0.2, -0.15) is 5.10 Å². The maximum atomic E-state index is 6.12. The summed E-state index contributed by atoms with van der Waals surface area (Å²) in [7, 11) is 0. The zero-order valence-corrected chi connectivity index (χ0v) is 13.8. The van der Waals surface area contributed by atoms with E-state index in [9.17, 15) is 0 Å². The summed E-state index contributed by atoms with van der Waals surface area (Å²) in [5, 5.41) is 4.71. The Labute approximate surface area is 125 Å². The fourth-order valence-electron chi connectivity index (χ4n) is 3.30. The predicted octanol–water partition coefficient (Wildman–Crippen LogP) is 3.68. The molecule has 1 aliphatic carbocycles. The van der Waals surface area contributed by atoms with Gasteiger partial charge in [-0.05, 0) is 60.5 Å². The number of aromatic nitrogens is 2. The molecule has 3 nitrogen and oxygen atoms in total. The molecule has 2 rings (SSSR count). The number of halogens is 1. The number of hydrogen-bond donors (Lipinski definition) is 1. The first kappa shape index (κ1) is 15.0. The van der Waals surface area contributed by atoms with Gasteiger partial charge in [-0.3, -0.25) is 4.68 Å². The molecule has 0 bridgehead atoms. The first-order chi connectivity index (χ1) is 9.15. The Balaban J connectivity index is 2.28. The summed E-state index contributed by atoms with van der Waals surface area (Å²) >= 11 is 3.76. The molecule has 0 amide bonds. The molecule has 1 aromatic heterocycles. The Bertz CT molecular complexity index is 419. The number of nitrogens with zero attached hydrogens (tertiary/aromatic N) is 2. The molecule has 0 unspecified atom stereocenters. The van der Waals surface area contributed by atoms with Crippen molar-refractivity contribution in [2.45, 2.75) is 65.3 Å². The zero-order chi connectivity index (χ0) is 13.9. The van der Waals surface area contributed by atoms with E-state index in [1.165, 1.54) is 48.0 Å². The molecule has 0 saturated heterocycles. The van der Waals surface area contributed by atoms with Crippen LogP contribution in [0.5, 0.6) is 0 Å². The second-order valence-electron chi connectivity index (χ2n) is 5.82. The highest BCUT2D eigenvalue weighted by molar-refractivity contribution is 9.10. The first-order valence-corrected chi connectivity index (χ1v) is 8.39. The van der Waals surface area contributed by atoms with E-state index in [2.05, 4.69) is 34.5 Å². The van der Waals surface area contributed by atoms with E-state index in [0.29, 0.717) is 5.41 Å². The van der Waals surface area contributed by atoms with Crippen molar-refractivity contribution in [1.29, 1.82) is 0 Å². The largest absolute Gasteiger partial charge is 0.330 e. The van der Waals surface area contributed by atoms with Crippen LogP contribution in [0.3, 0.4) is 0 Å². The lowest BCUT2D eigenvalue weighted by Gasteiger charge is -2.36. The molecule has 2 N–H and O–H groups in total. The van der Waals surface area contributed by atoms with Crippen LogP contribution in [0.15, 0.2) is 4.47 Å². The molecule has 0 spiro atoms. The van der Waals surface area contributed by atoms with Crippen LogP contribution in [0.25, 0.3) is 0 Å². The van der Waals surface area contributed by atoms with Crippen LogP contribution in [-0.2, 0) is 19.4 Å². The maximum Gasteiger partial charge on any atom is 0.0766 e.